The Labute approximate surface area is 162 Å². The lowest BCUT2D eigenvalue weighted by molar-refractivity contribution is -0.121. The SMILES string of the molecule is COc1ccc(Br)cc1CNC(=O)CCc1c(C)nn(CCC#N)c1C. The Bertz CT molecular complexity index is 824. The quantitative estimate of drug-likeness (QED) is 0.711. The summed E-state index contributed by atoms with van der Waals surface area (Å²) < 4.78 is 8.11. The van der Waals surface area contributed by atoms with Gasteiger partial charge in [0.1, 0.15) is 5.75 Å². The molecule has 0 bridgehead atoms. The second-order valence-corrected chi connectivity index (χ2v) is 6.93. The fourth-order valence-electron chi connectivity index (χ4n) is 2.88. The van der Waals surface area contributed by atoms with Gasteiger partial charge in [0, 0.05) is 28.7 Å². The van der Waals surface area contributed by atoms with Crippen molar-refractivity contribution in [1.82, 2.24) is 15.1 Å². The number of rotatable bonds is 8. The zero-order chi connectivity index (χ0) is 19.1. The Balaban J connectivity index is 1.93. The third kappa shape index (κ3) is 5.09. The predicted octanol–water partition coefficient (Wildman–Crippen LogP) is 3.43. The van der Waals surface area contributed by atoms with Crippen molar-refractivity contribution in [3.05, 3.63) is 45.2 Å². The number of nitrogens with zero attached hydrogens (tertiary/aromatic N) is 3. The fraction of sp³-hybridized carbons (Fsp3) is 0.421. The molecule has 0 spiro atoms. The molecule has 1 amide bonds. The van der Waals surface area contributed by atoms with E-state index in [1.165, 1.54) is 0 Å². The van der Waals surface area contributed by atoms with Gasteiger partial charge in [-0.3, -0.25) is 9.48 Å². The number of hydrogen-bond acceptors (Lipinski definition) is 4. The summed E-state index contributed by atoms with van der Waals surface area (Å²) in [5.41, 5.74) is 3.95. The zero-order valence-corrected chi connectivity index (χ0v) is 16.9. The topological polar surface area (TPSA) is 79.9 Å². The van der Waals surface area contributed by atoms with Gasteiger partial charge in [0.05, 0.1) is 31.8 Å². The monoisotopic (exact) mass is 418 g/mol. The molecule has 6 nitrogen and oxygen atoms in total. The van der Waals surface area contributed by atoms with E-state index in [2.05, 4.69) is 32.4 Å². The Morgan fingerprint density at radius 1 is 1.42 bits per heavy atom. The van der Waals surface area contributed by atoms with E-state index in [-0.39, 0.29) is 5.91 Å². The number of ether oxygens (including phenoxy) is 1. The number of methoxy groups -OCH3 is 1. The minimum absolute atomic E-state index is 0.0180. The van der Waals surface area contributed by atoms with Gasteiger partial charge in [0.25, 0.3) is 0 Å². The highest BCUT2D eigenvalue weighted by atomic mass is 79.9. The number of benzene rings is 1. The number of carbonyl (C=O) groups excluding carboxylic acids is 1. The Hall–Kier alpha value is -2.33. The molecule has 0 saturated heterocycles. The van der Waals surface area contributed by atoms with Crippen LogP contribution in [0.25, 0.3) is 0 Å². The minimum Gasteiger partial charge on any atom is -0.496 e. The first kappa shape index (κ1) is 20.0. The fourth-order valence-corrected chi connectivity index (χ4v) is 3.28. The van der Waals surface area contributed by atoms with Gasteiger partial charge in [-0.2, -0.15) is 10.4 Å². The van der Waals surface area contributed by atoms with Crippen LogP contribution in [-0.2, 0) is 24.3 Å². The van der Waals surface area contributed by atoms with Crippen molar-refractivity contribution in [3.63, 3.8) is 0 Å². The molecule has 0 radical (unpaired) electrons. The molecule has 1 heterocycles. The highest BCUT2D eigenvalue weighted by Crippen LogP contribution is 2.23. The van der Waals surface area contributed by atoms with Crippen molar-refractivity contribution in [3.8, 4) is 11.8 Å². The molecule has 0 aliphatic carbocycles. The van der Waals surface area contributed by atoms with E-state index in [9.17, 15) is 4.79 Å². The lowest BCUT2D eigenvalue weighted by Crippen LogP contribution is -2.23. The molecule has 1 aromatic carbocycles. The van der Waals surface area contributed by atoms with Crippen molar-refractivity contribution >= 4 is 21.8 Å². The normalized spacial score (nSPS) is 10.4. The summed E-state index contributed by atoms with van der Waals surface area (Å²) in [5.74, 6) is 0.731. The third-order valence-corrected chi connectivity index (χ3v) is 4.78. The summed E-state index contributed by atoms with van der Waals surface area (Å²) in [4.78, 5) is 12.2. The van der Waals surface area contributed by atoms with Crippen LogP contribution in [0.4, 0.5) is 0 Å². The Morgan fingerprint density at radius 2 is 2.19 bits per heavy atom. The third-order valence-electron chi connectivity index (χ3n) is 4.29. The number of amides is 1. The first-order chi connectivity index (χ1) is 12.5. The molecule has 1 N–H and O–H groups in total. The van der Waals surface area contributed by atoms with Crippen LogP contribution in [0.2, 0.25) is 0 Å². The van der Waals surface area contributed by atoms with Crippen LogP contribution in [0, 0.1) is 25.2 Å². The largest absolute Gasteiger partial charge is 0.496 e. The average molecular weight is 419 g/mol. The number of nitriles is 1. The van der Waals surface area contributed by atoms with Crippen molar-refractivity contribution in [2.45, 2.75) is 46.2 Å². The van der Waals surface area contributed by atoms with Gasteiger partial charge in [0.2, 0.25) is 5.91 Å². The Kier molecular flexibility index (Phi) is 7.22. The summed E-state index contributed by atoms with van der Waals surface area (Å²) in [6, 6.07) is 7.84. The molecule has 1 aromatic heterocycles. The van der Waals surface area contributed by atoms with Crippen LogP contribution in [0.3, 0.4) is 0 Å². The minimum atomic E-state index is -0.0180. The summed E-state index contributed by atoms with van der Waals surface area (Å²) in [6.07, 6.45) is 1.45. The van der Waals surface area contributed by atoms with Crippen molar-refractivity contribution in [2.24, 2.45) is 0 Å². The van der Waals surface area contributed by atoms with Crippen molar-refractivity contribution in [1.29, 1.82) is 5.26 Å². The zero-order valence-electron chi connectivity index (χ0n) is 15.3. The molecule has 0 atom stereocenters. The lowest BCUT2D eigenvalue weighted by Gasteiger charge is -2.10. The van der Waals surface area contributed by atoms with Crippen LogP contribution in [-0.4, -0.2) is 22.8 Å². The van der Waals surface area contributed by atoms with Crippen LogP contribution < -0.4 is 10.1 Å². The van der Waals surface area contributed by atoms with Gasteiger partial charge < -0.3 is 10.1 Å². The van der Waals surface area contributed by atoms with Crippen molar-refractivity contribution < 1.29 is 9.53 Å². The molecule has 0 saturated carbocycles. The first-order valence-corrected chi connectivity index (χ1v) is 9.24. The first-order valence-electron chi connectivity index (χ1n) is 8.45. The highest BCUT2D eigenvalue weighted by molar-refractivity contribution is 9.10. The summed E-state index contributed by atoms with van der Waals surface area (Å²) in [7, 11) is 1.62. The molecule has 0 aliphatic heterocycles. The average Bonchev–Trinajstić information content (AvgIpc) is 2.89. The summed E-state index contributed by atoms with van der Waals surface area (Å²) in [5, 5.41) is 16.1. The van der Waals surface area contributed by atoms with Gasteiger partial charge in [-0.1, -0.05) is 15.9 Å². The number of halogens is 1. The number of aromatic nitrogens is 2. The van der Waals surface area contributed by atoms with Crippen LogP contribution in [0.5, 0.6) is 5.75 Å². The number of aryl methyl sites for hydroxylation is 2. The molecular formula is C19H23BrN4O2. The van der Waals surface area contributed by atoms with E-state index in [1.54, 1.807) is 7.11 Å². The molecule has 0 unspecified atom stereocenters. The number of carbonyl (C=O) groups is 1. The second kappa shape index (κ2) is 9.39. The van der Waals surface area contributed by atoms with E-state index in [0.717, 1.165) is 32.7 Å². The van der Waals surface area contributed by atoms with Gasteiger partial charge in [-0.15, -0.1) is 0 Å². The van der Waals surface area contributed by atoms with Crippen LogP contribution in [0.1, 0.15) is 35.4 Å². The molecule has 7 heteroatoms. The molecule has 0 aliphatic rings. The number of nitrogens with one attached hydrogen (secondary N) is 1. The Morgan fingerprint density at radius 3 is 2.88 bits per heavy atom. The lowest BCUT2D eigenvalue weighted by atomic mass is 10.1. The maximum Gasteiger partial charge on any atom is 0.220 e. The molecule has 26 heavy (non-hydrogen) atoms. The molecule has 2 aromatic rings. The number of hydrogen-bond donors (Lipinski definition) is 1. The van der Waals surface area contributed by atoms with Crippen molar-refractivity contribution in [2.75, 3.05) is 7.11 Å². The molecule has 0 fully saturated rings. The van der Waals surface area contributed by atoms with E-state index >= 15 is 0 Å². The van der Waals surface area contributed by atoms with Gasteiger partial charge >= 0.3 is 0 Å². The smallest absolute Gasteiger partial charge is 0.220 e. The maximum absolute atomic E-state index is 12.2. The maximum atomic E-state index is 12.2. The molecule has 2 rings (SSSR count). The van der Waals surface area contributed by atoms with E-state index < -0.39 is 0 Å². The second-order valence-electron chi connectivity index (χ2n) is 6.01. The summed E-state index contributed by atoms with van der Waals surface area (Å²) >= 11 is 3.43. The predicted molar refractivity (Wildman–Crippen MR) is 103 cm³/mol. The van der Waals surface area contributed by atoms with E-state index in [1.807, 2.05) is 36.7 Å². The van der Waals surface area contributed by atoms with E-state index in [4.69, 9.17) is 10.00 Å². The van der Waals surface area contributed by atoms with Gasteiger partial charge in [-0.25, -0.2) is 0 Å². The van der Waals surface area contributed by atoms with Crippen LogP contribution >= 0.6 is 15.9 Å². The standard InChI is InChI=1S/C19H23BrN4O2/c1-13-17(14(2)24(23-13)10-4-9-21)6-8-19(25)22-12-15-11-16(20)5-7-18(15)26-3/h5,7,11H,4,6,8,10,12H2,1-3H3,(H,22,25). The van der Waals surface area contributed by atoms with Gasteiger partial charge in [-0.05, 0) is 44.0 Å². The summed E-state index contributed by atoms with van der Waals surface area (Å²) in [6.45, 7) is 4.92. The van der Waals surface area contributed by atoms with Crippen LogP contribution in [0.15, 0.2) is 22.7 Å². The molecule has 138 valence electrons. The van der Waals surface area contributed by atoms with Gasteiger partial charge in [0.15, 0.2) is 0 Å². The highest BCUT2D eigenvalue weighted by Gasteiger charge is 2.13. The van der Waals surface area contributed by atoms with E-state index in [0.29, 0.717) is 32.4 Å². The molecular weight excluding hydrogens is 396 g/mol.